The van der Waals surface area contributed by atoms with E-state index in [0.717, 1.165) is 20.4 Å². The van der Waals surface area contributed by atoms with Crippen LogP contribution in [0.2, 0.25) is 0 Å². The van der Waals surface area contributed by atoms with Crippen LogP contribution in [0.15, 0.2) is 0 Å². The van der Waals surface area contributed by atoms with Crippen molar-refractivity contribution in [2.24, 2.45) is 0 Å². The third-order valence-electron chi connectivity index (χ3n) is 0. The Morgan fingerprint density at radius 3 is 1.43 bits per heavy atom. The van der Waals surface area contributed by atoms with Gasteiger partial charge in [-0.2, -0.15) is 0 Å². The molecule has 0 saturated carbocycles. The van der Waals surface area contributed by atoms with Crippen LogP contribution in [0.25, 0.3) is 0 Å². The first kappa shape index (κ1) is 15.7. The molecule has 0 aliphatic heterocycles. The van der Waals surface area contributed by atoms with Gasteiger partial charge in [0.15, 0.2) is 0 Å². The Hall–Kier alpha value is 0.784. The molecule has 0 fully saturated rings. The van der Waals surface area contributed by atoms with E-state index in [2.05, 4.69) is 0 Å². The van der Waals surface area contributed by atoms with Crippen molar-refractivity contribution < 1.29 is 69.7 Å². The first-order valence-corrected chi connectivity index (χ1v) is 1.49. The van der Waals surface area contributed by atoms with Crippen molar-refractivity contribution in [1.29, 1.82) is 0 Å². The SMILES string of the molecule is O=C(O)O.[H-].[Na+].[O]=[Ti]. The Labute approximate surface area is 75.4 Å². The Morgan fingerprint density at radius 2 is 1.43 bits per heavy atom. The van der Waals surface area contributed by atoms with E-state index in [-0.39, 0.29) is 31.0 Å². The van der Waals surface area contributed by atoms with E-state index in [1.807, 2.05) is 0 Å². The van der Waals surface area contributed by atoms with E-state index < -0.39 is 6.16 Å². The van der Waals surface area contributed by atoms with E-state index in [1.54, 1.807) is 0 Å². The predicted octanol–water partition coefficient (Wildman–Crippen LogP) is -2.78. The number of hydrogen-bond acceptors (Lipinski definition) is 2. The standard InChI is InChI=1S/CH2O3.Na.O.Ti.H/c2-1(3)4;;;;/h(H2,2,3,4);;;;/q;+1;;;-1. The molecule has 36 valence electrons. The second-order valence-corrected chi connectivity index (χ2v) is 0.283. The molecule has 4 nitrogen and oxygen atoms in total. The van der Waals surface area contributed by atoms with Crippen molar-refractivity contribution in [1.82, 2.24) is 0 Å². The molecular formula is CH3NaO4Ti. The molecule has 0 unspecified atom stereocenters. The van der Waals surface area contributed by atoms with Gasteiger partial charge in [-0.25, -0.2) is 4.79 Å². The normalized spacial score (nSPS) is 3.86. The summed E-state index contributed by atoms with van der Waals surface area (Å²) in [5.74, 6) is 0. The fourth-order valence-corrected chi connectivity index (χ4v) is 0. The summed E-state index contributed by atoms with van der Waals surface area (Å²) in [6, 6.07) is 0. The summed E-state index contributed by atoms with van der Waals surface area (Å²) in [6.07, 6.45) is -1.83. The molecule has 0 heterocycles. The molecule has 0 atom stereocenters. The van der Waals surface area contributed by atoms with Gasteiger partial charge in [-0.05, 0) is 0 Å². The zero-order chi connectivity index (χ0) is 5.58. The zero-order valence-electron chi connectivity index (χ0n) is 4.71. The summed E-state index contributed by atoms with van der Waals surface area (Å²) in [4.78, 5) is 8.56. The van der Waals surface area contributed by atoms with E-state index >= 15 is 0 Å². The van der Waals surface area contributed by atoms with Crippen molar-refractivity contribution in [3.63, 3.8) is 0 Å². The first-order chi connectivity index (χ1) is 2.73. The Balaban J connectivity index is -0.0000000183. The number of carboxylic acid groups (broad SMARTS) is 2. The van der Waals surface area contributed by atoms with Gasteiger partial charge in [0.1, 0.15) is 0 Å². The predicted molar refractivity (Wildman–Crippen MR) is 12.5 cm³/mol. The zero-order valence-corrected chi connectivity index (χ0v) is 7.27. The molecule has 0 aliphatic carbocycles. The quantitative estimate of drug-likeness (QED) is 0.366. The van der Waals surface area contributed by atoms with Gasteiger partial charge in [0.05, 0.1) is 0 Å². The minimum atomic E-state index is -1.83. The van der Waals surface area contributed by atoms with E-state index in [0.29, 0.717) is 0 Å². The summed E-state index contributed by atoms with van der Waals surface area (Å²) in [5.41, 5.74) is 0. The van der Waals surface area contributed by atoms with Crippen LogP contribution in [0.4, 0.5) is 4.79 Å². The van der Waals surface area contributed by atoms with Gasteiger partial charge in [0.2, 0.25) is 0 Å². The molecular weight excluding hydrogens is 147 g/mol. The molecule has 0 aromatic rings. The number of hydrogen-bond donors (Lipinski definition) is 2. The molecule has 0 amide bonds. The van der Waals surface area contributed by atoms with Crippen LogP contribution in [0, 0.1) is 0 Å². The molecule has 2 N–H and O–H groups in total. The van der Waals surface area contributed by atoms with E-state index in [1.165, 1.54) is 0 Å². The molecule has 0 aromatic heterocycles. The summed E-state index contributed by atoms with van der Waals surface area (Å²) >= 11 is 0.750. The van der Waals surface area contributed by atoms with Crippen LogP contribution in [-0.2, 0) is 23.7 Å². The van der Waals surface area contributed by atoms with Crippen molar-refractivity contribution in [2.45, 2.75) is 0 Å². The second-order valence-electron chi connectivity index (χ2n) is 0.283. The van der Waals surface area contributed by atoms with Crippen LogP contribution in [0.3, 0.4) is 0 Å². The fraction of sp³-hybridized carbons (Fsp3) is 0. The number of rotatable bonds is 0. The third kappa shape index (κ3) is 252. The summed E-state index contributed by atoms with van der Waals surface area (Å²) in [6.45, 7) is 0. The molecule has 0 aromatic carbocycles. The second kappa shape index (κ2) is 15.9. The molecule has 0 aliphatic rings. The van der Waals surface area contributed by atoms with Gasteiger partial charge in [0.25, 0.3) is 0 Å². The maximum atomic E-state index is 8.56. The third-order valence-corrected chi connectivity index (χ3v) is 0. The summed E-state index contributed by atoms with van der Waals surface area (Å²) < 4.78 is 8.25. The first-order valence-electron chi connectivity index (χ1n) is 0.855. The van der Waals surface area contributed by atoms with Crippen LogP contribution < -0.4 is 29.6 Å². The fourth-order valence-electron chi connectivity index (χ4n) is 0. The van der Waals surface area contributed by atoms with Crippen LogP contribution in [-0.4, -0.2) is 16.4 Å². The van der Waals surface area contributed by atoms with Crippen LogP contribution >= 0.6 is 0 Å². The average molecular weight is 150 g/mol. The van der Waals surface area contributed by atoms with Gasteiger partial charge in [0, 0.05) is 0 Å². The van der Waals surface area contributed by atoms with Crippen molar-refractivity contribution >= 4 is 6.16 Å². The number of carbonyl (C=O) groups is 1. The van der Waals surface area contributed by atoms with Crippen LogP contribution in [0.5, 0.6) is 0 Å². The Morgan fingerprint density at radius 1 is 1.43 bits per heavy atom. The van der Waals surface area contributed by atoms with Gasteiger partial charge >= 0.3 is 59.4 Å². The average Bonchev–Trinajstić information content (AvgIpc) is 1.41. The van der Waals surface area contributed by atoms with Gasteiger partial charge in [-0.3, -0.25) is 0 Å². The van der Waals surface area contributed by atoms with Crippen molar-refractivity contribution in [2.75, 3.05) is 0 Å². The molecule has 0 rings (SSSR count). The van der Waals surface area contributed by atoms with Gasteiger partial charge < -0.3 is 11.6 Å². The topological polar surface area (TPSA) is 74.6 Å². The molecule has 6 heteroatoms. The Bertz CT molecular complexity index is 47.3. The summed E-state index contributed by atoms with van der Waals surface area (Å²) in [7, 11) is 0. The van der Waals surface area contributed by atoms with Gasteiger partial charge in [-0.1, -0.05) is 0 Å². The maximum absolute atomic E-state index is 8.56. The summed E-state index contributed by atoms with van der Waals surface area (Å²) in [5, 5.41) is 13.9. The molecule has 0 bridgehead atoms. The molecule has 0 radical (unpaired) electrons. The van der Waals surface area contributed by atoms with Crippen LogP contribution in [0.1, 0.15) is 1.43 Å². The minimum absolute atomic E-state index is 0. The van der Waals surface area contributed by atoms with Crippen molar-refractivity contribution in [3.8, 4) is 0 Å². The van der Waals surface area contributed by atoms with Crippen molar-refractivity contribution in [3.05, 3.63) is 0 Å². The monoisotopic (exact) mass is 150 g/mol. The molecule has 7 heavy (non-hydrogen) atoms. The van der Waals surface area contributed by atoms with E-state index in [4.69, 9.17) is 18.3 Å². The molecule has 0 spiro atoms. The van der Waals surface area contributed by atoms with Gasteiger partial charge in [-0.15, -0.1) is 0 Å². The Kier molecular flexibility index (Phi) is 35.4. The molecule has 0 saturated heterocycles. The van der Waals surface area contributed by atoms with E-state index in [9.17, 15) is 0 Å².